The second kappa shape index (κ2) is 6.67. The highest BCUT2D eigenvalue weighted by atomic mass is 35.5. The van der Waals surface area contributed by atoms with Crippen molar-refractivity contribution >= 4 is 45.7 Å². The SMILES string of the molecule is CC(c1ccc(Cl)cc1Cl)N(C)C(=O)Nc1nc(C2CC2)cs1. The van der Waals surface area contributed by atoms with Crippen LogP contribution in [0.15, 0.2) is 23.6 Å². The van der Waals surface area contributed by atoms with Gasteiger partial charge in [0.2, 0.25) is 0 Å². The van der Waals surface area contributed by atoms with E-state index in [0.717, 1.165) is 11.3 Å². The molecule has 1 aromatic carbocycles. The summed E-state index contributed by atoms with van der Waals surface area (Å²) in [7, 11) is 1.74. The van der Waals surface area contributed by atoms with Gasteiger partial charge in [0, 0.05) is 28.4 Å². The molecule has 1 heterocycles. The summed E-state index contributed by atoms with van der Waals surface area (Å²) >= 11 is 13.6. The van der Waals surface area contributed by atoms with Crippen molar-refractivity contribution in [2.75, 3.05) is 12.4 Å². The zero-order chi connectivity index (χ0) is 16.6. The third kappa shape index (κ3) is 3.79. The first-order chi connectivity index (χ1) is 11.0. The molecule has 2 amide bonds. The number of anilines is 1. The number of thiazole rings is 1. The summed E-state index contributed by atoms with van der Waals surface area (Å²) in [4.78, 5) is 18.5. The summed E-state index contributed by atoms with van der Waals surface area (Å²) in [6.45, 7) is 1.92. The lowest BCUT2D eigenvalue weighted by atomic mass is 10.1. The van der Waals surface area contributed by atoms with Gasteiger partial charge in [0.15, 0.2) is 5.13 Å². The van der Waals surface area contributed by atoms with Crippen molar-refractivity contribution in [2.24, 2.45) is 0 Å². The smallest absolute Gasteiger partial charge is 0.321 e. The van der Waals surface area contributed by atoms with Gasteiger partial charge < -0.3 is 4.90 Å². The van der Waals surface area contributed by atoms with Crippen LogP contribution in [0.5, 0.6) is 0 Å². The van der Waals surface area contributed by atoms with Crippen molar-refractivity contribution in [3.63, 3.8) is 0 Å². The van der Waals surface area contributed by atoms with Gasteiger partial charge in [-0.05, 0) is 37.5 Å². The van der Waals surface area contributed by atoms with Gasteiger partial charge in [0.25, 0.3) is 0 Å². The molecule has 0 bridgehead atoms. The summed E-state index contributed by atoms with van der Waals surface area (Å²) in [5.41, 5.74) is 1.94. The van der Waals surface area contributed by atoms with Crippen LogP contribution in [0.1, 0.15) is 43.0 Å². The number of carbonyl (C=O) groups excluding carboxylic acids is 1. The van der Waals surface area contributed by atoms with Crippen LogP contribution in [-0.2, 0) is 0 Å². The fraction of sp³-hybridized carbons (Fsp3) is 0.375. The molecule has 0 spiro atoms. The van der Waals surface area contributed by atoms with Gasteiger partial charge in [-0.2, -0.15) is 0 Å². The van der Waals surface area contributed by atoms with E-state index in [1.54, 1.807) is 24.1 Å². The number of aromatic nitrogens is 1. The Hall–Kier alpha value is -1.30. The first-order valence-corrected chi connectivity index (χ1v) is 9.03. The molecule has 7 heteroatoms. The van der Waals surface area contributed by atoms with Gasteiger partial charge >= 0.3 is 6.03 Å². The third-order valence-corrected chi connectivity index (χ3v) is 5.38. The molecule has 1 aliphatic rings. The Balaban J connectivity index is 1.67. The molecule has 1 atom stereocenters. The fourth-order valence-electron chi connectivity index (χ4n) is 2.31. The van der Waals surface area contributed by atoms with Crippen molar-refractivity contribution in [1.29, 1.82) is 0 Å². The number of benzene rings is 1. The molecule has 0 aliphatic heterocycles. The molecule has 3 rings (SSSR count). The molecule has 23 heavy (non-hydrogen) atoms. The van der Waals surface area contributed by atoms with Gasteiger partial charge in [-0.15, -0.1) is 11.3 Å². The van der Waals surface area contributed by atoms with Crippen molar-refractivity contribution in [2.45, 2.75) is 31.7 Å². The summed E-state index contributed by atoms with van der Waals surface area (Å²) in [5.74, 6) is 0.585. The summed E-state index contributed by atoms with van der Waals surface area (Å²) < 4.78 is 0. The van der Waals surface area contributed by atoms with Crippen LogP contribution in [0.3, 0.4) is 0 Å². The lowest BCUT2D eigenvalue weighted by molar-refractivity contribution is 0.208. The van der Waals surface area contributed by atoms with Crippen LogP contribution in [0.25, 0.3) is 0 Å². The molecule has 0 radical (unpaired) electrons. The van der Waals surface area contributed by atoms with Gasteiger partial charge in [0.05, 0.1) is 11.7 Å². The molecule has 1 saturated carbocycles. The van der Waals surface area contributed by atoms with Gasteiger partial charge in [-0.1, -0.05) is 29.3 Å². The van der Waals surface area contributed by atoms with E-state index < -0.39 is 0 Å². The lowest BCUT2D eigenvalue weighted by Crippen LogP contribution is -2.33. The highest BCUT2D eigenvalue weighted by molar-refractivity contribution is 7.13. The Morgan fingerprint density at radius 3 is 2.83 bits per heavy atom. The Kier molecular flexibility index (Phi) is 4.80. The van der Waals surface area contributed by atoms with Crippen LogP contribution in [0.2, 0.25) is 10.0 Å². The predicted octanol–water partition coefficient (Wildman–Crippen LogP) is 5.55. The minimum Gasteiger partial charge on any atom is -0.321 e. The Labute approximate surface area is 149 Å². The second-order valence-electron chi connectivity index (χ2n) is 5.73. The van der Waals surface area contributed by atoms with E-state index in [4.69, 9.17) is 23.2 Å². The number of rotatable bonds is 4. The molecule has 0 saturated heterocycles. The van der Waals surface area contributed by atoms with E-state index in [2.05, 4.69) is 10.3 Å². The highest BCUT2D eigenvalue weighted by Crippen LogP contribution is 2.41. The maximum atomic E-state index is 12.4. The van der Waals surface area contributed by atoms with Crippen LogP contribution in [0, 0.1) is 0 Å². The minimum absolute atomic E-state index is 0.178. The van der Waals surface area contributed by atoms with E-state index in [1.165, 1.54) is 24.2 Å². The van der Waals surface area contributed by atoms with Gasteiger partial charge in [-0.25, -0.2) is 9.78 Å². The quantitative estimate of drug-likeness (QED) is 0.767. The maximum absolute atomic E-state index is 12.4. The zero-order valence-electron chi connectivity index (χ0n) is 12.8. The number of hydrogen-bond donors (Lipinski definition) is 1. The van der Waals surface area contributed by atoms with Crippen molar-refractivity contribution in [3.8, 4) is 0 Å². The number of nitrogens with zero attached hydrogens (tertiary/aromatic N) is 2. The standard InChI is InChI=1S/C16H17Cl2N3OS/c1-9(12-6-5-11(17)7-13(12)18)21(2)16(22)20-15-19-14(8-23-15)10-3-4-10/h5-10H,3-4H2,1-2H3,(H,19,20,22). The summed E-state index contributed by atoms with van der Waals surface area (Å²) in [6, 6.07) is 4.91. The Morgan fingerprint density at radius 2 is 2.17 bits per heavy atom. The normalized spacial score (nSPS) is 15.3. The number of carbonyl (C=O) groups is 1. The predicted molar refractivity (Wildman–Crippen MR) is 95.7 cm³/mol. The monoisotopic (exact) mass is 369 g/mol. The molecular formula is C16H17Cl2N3OS. The van der Waals surface area contributed by atoms with E-state index in [0.29, 0.717) is 21.1 Å². The van der Waals surface area contributed by atoms with Crippen LogP contribution >= 0.6 is 34.5 Å². The largest absolute Gasteiger partial charge is 0.323 e. The number of amides is 2. The fourth-order valence-corrected chi connectivity index (χ4v) is 3.66. The first-order valence-electron chi connectivity index (χ1n) is 7.40. The van der Waals surface area contributed by atoms with E-state index in [1.807, 2.05) is 18.4 Å². The minimum atomic E-state index is -0.208. The molecule has 1 aromatic heterocycles. The Bertz CT molecular complexity index is 730. The zero-order valence-corrected chi connectivity index (χ0v) is 15.2. The molecule has 4 nitrogen and oxygen atoms in total. The van der Waals surface area contributed by atoms with Crippen LogP contribution in [0.4, 0.5) is 9.93 Å². The summed E-state index contributed by atoms with van der Waals surface area (Å²) in [5, 5.41) is 6.64. The Morgan fingerprint density at radius 1 is 1.43 bits per heavy atom. The molecular weight excluding hydrogens is 353 g/mol. The maximum Gasteiger partial charge on any atom is 0.323 e. The molecule has 1 unspecified atom stereocenters. The molecule has 1 aliphatic carbocycles. The topological polar surface area (TPSA) is 45.2 Å². The molecule has 122 valence electrons. The van der Waals surface area contributed by atoms with Gasteiger partial charge in [0.1, 0.15) is 0 Å². The van der Waals surface area contributed by atoms with Crippen LogP contribution < -0.4 is 5.32 Å². The van der Waals surface area contributed by atoms with Crippen molar-refractivity contribution in [1.82, 2.24) is 9.88 Å². The summed E-state index contributed by atoms with van der Waals surface area (Å²) in [6.07, 6.45) is 2.40. The lowest BCUT2D eigenvalue weighted by Gasteiger charge is -2.25. The molecule has 1 N–H and O–H groups in total. The average molecular weight is 370 g/mol. The first kappa shape index (κ1) is 16.6. The highest BCUT2D eigenvalue weighted by Gasteiger charge is 2.27. The number of urea groups is 1. The number of hydrogen-bond acceptors (Lipinski definition) is 3. The van der Waals surface area contributed by atoms with Crippen molar-refractivity contribution < 1.29 is 4.79 Å². The van der Waals surface area contributed by atoms with E-state index in [-0.39, 0.29) is 12.1 Å². The second-order valence-corrected chi connectivity index (χ2v) is 7.44. The number of halogens is 2. The van der Waals surface area contributed by atoms with E-state index in [9.17, 15) is 4.79 Å². The number of nitrogens with one attached hydrogen (secondary N) is 1. The average Bonchev–Trinajstić information content (AvgIpc) is 3.26. The van der Waals surface area contributed by atoms with Crippen LogP contribution in [-0.4, -0.2) is 23.0 Å². The van der Waals surface area contributed by atoms with Crippen molar-refractivity contribution in [3.05, 3.63) is 44.9 Å². The van der Waals surface area contributed by atoms with E-state index >= 15 is 0 Å². The molecule has 2 aromatic rings. The molecule has 1 fully saturated rings. The van der Waals surface area contributed by atoms with Gasteiger partial charge in [-0.3, -0.25) is 5.32 Å². The third-order valence-electron chi connectivity index (χ3n) is 4.05.